The molecule has 1 aliphatic rings. The van der Waals surface area contributed by atoms with Crippen LogP contribution in [-0.4, -0.2) is 21.0 Å². The lowest BCUT2D eigenvalue weighted by Crippen LogP contribution is -2.22. The van der Waals surface area contributed by atoms with E-state index in [9.17, 15) is 0 Å². The lowest BCUT2D eigenvalue weighted by Gasteiger charge is -2.25. The molecule has 1 fully saturated rings. The van der Waals surface area contributed by atoms with Gasteiger partial charge in [-0.25, -0.2) is 4.98 Å². The second-order valence-corrected chi connectivity index (χ2v) is 7.31. The van der Waals surface area contributed by atoms with Gasteiger partial charge in [-0.3, -0.25) is 4.98 Å². The van der Waals surface area contributed by atoms with Crippen LogP contribution in [0.2, 0.25) is 0 Å². The fraction of sp³-hybridized carbons (Fsp3) is 0.429. The monoisotopic (exact) mass is 349 g/mol. The van der Waals surface area contributed by atoms with E-state index in [0.717, 1.165) is 46.5 Å². The molecule has 136 valence electrons. The van der Waals surface area contributed by atoms with Crippen LogP contribution in [0.15, 0.2) is 30.6 Å². The van der Waals surface area contributed by atoms with E-state index >= 15 is 0 Å². The highest BCUT2D eigenvalue weighted by molar-refractivity contribution is 5.98. The van der Waals surface area contributed by atoms with E-state index in [1.807, 2.05) is 18.3 Å². The molecule has 0 aromatic carbocycles. The molecular weight excluding hydrogens is 322 g/mol. The molecule has 26 heavy (non-hydrogen) atoms. The number of nitrogen functional groups attached to an aromatic ring is 1. The number of pyridine rings is 2. The minimum atomic E-state index is 0.513. The Hall–Kier alpha value is -2.56. The second kappa shape index (κ2) is 7.36. The maximum Gasteiger partial charge on any atom is 0.139 e. The van der Waals surface area contributed by atoms with Crippen molar-refractivity contribution < 1.29 is 0 Å². The topological polar surface area (TPSA) is 79.6 Å². The third kappa shape index (κ3) is 3.39. The van der Waals surface area contributed by atoms with Gasteiger partial charge in [-0.2, -0.15) is 0 Å². The van der Waals surface area contributed by atoms with Crippen molar-refractivity contribution in [2.45, 2.75) is 57.9 Å². The van der Waals surface area contributed by atoms with E-state index < -0.39 is 0 Å². The maximum atomic E-state index is 6.00. The summed E-state index contributed by atoms with van der Waals surface area (Å²) in [4.78, 5) is 12.7. The van der Waals surface area contributed by atoms with Crippen molar-refractivity contribution in [2.75, 3.05) is 11.1 Å². The van der Waals surface area contributed by atoms with Crippen LogP contribution in [0, 0.1) is 0 Å². The van der Waals surface area contributed by atoms with Gasteiger partial charge in [0, 0.05) is 40.8 Å². The van der Waals surface area contributed by atoms with Crippen LogP contribution >= 0.6 is 0 Å². The fourth-order valence-electron chi connectivity index (χ4n) is 3.93. The molecule has 3 heterocycles. The minimum absolute atomic E-state index is 0.513. The van der Waals surface area contributed by atoms with Crippen molar-refractivity contribution in [1.29, 1.82) is 0 Å². The molecule has 0 amide bonds. The van der Waals surface area contributed by atoms with Crippen LogP contribution in [0.3, 0.4) is 0 Å². The van der Waals surface area contributed by atoms with Crippen molar-refractivity contribution >= 4 is 22.4 Å². The molecule has 1 saturated carbocycles. The SMILES string of the molecule is CCCc1cc2c(NC3CCCCC3)c(-c3cc(N)ccn3)cnc2[nH]1. The molecule has 0 atom stereocenters. The van der Waals surface area contributed by atoms with Crippen LogP contribution in [0.5, 0.6) is 0 Å². The summed E-state index contributed by atoms with van der Waals surface area (Å²) in [5.41, 5.74) is 11.9. The Morgan fingerprint density at radius 2 is 2.04 bits per heavy atom. The van der Waals surface area contributed by atoms with Gasteiger partial charge >= 0.3 is 0 Å². The molecule has 5 nitrogen and oxygen atoms in total. The van der Waals surface area contributed by atoms with Crippen molar-refractivity contribution in [3.8, 4) is 11.3 Å². The van der Waals surface area contributed by atoms with Crippen LogP contribution < -0.4 is 11.1 Å². The molecule has 3 aromatic heterocycles. The number of hydrogen-bond acceptors (Lipinski definition) is 4. The highest BCUT2D eigenvalue weighted by Crippen LogP contribution is 2.35. The number of nitrogens with two attached hydrogens (primary N) is 1. The summed E-state index contributed by atoms with van der Waals surface area (Å²) in [5.74, 6) is 0. The molecule has 0 radical (unpaired) electrons. The zero-order valence-corrected chi connectivity index (χ0v) is 15.4. The van der Waals surface area contributed by atoms with E-state index in [2.05, 4.69) is 33.3 Å². The molecule has 0 bridgehead atoms. The maximum absolute atomic E-state index is 6.00. The van der Waals surface area contributed by atoms with Crippen molar-refractivity contribution in [3.63, 3.8) is 0 Å². The number of H-pyrrole nitrogens is 1. The Balaban J connectivity index is 1.82. The van der Waals surface area contributed by atoms with E-state index in [-0.39, 0.29) is 0 Å². The normalized spacial score (nSPS) is 15.4. The molecule has 0 unspecified atom stereocenters. The van der Waals surface area contributed by atoms with Gasteiger partial charge in [0.1, 0.15) is 5.65 Å². The quantitative estimate of drug-likeness (QED) is 0.612. The van der Waals surface area contributed by atoms with Gasteiger partial charge in [-0.05, 0) is 37.5 Å². The van der Waals surface area contributed by atoms with Gasteiger partial charge in [0.2, 0.25) is 0 Å². The first kappa shape index (κ1) is 16.9. The van der Waals surface area contributed by atoms with Crippen molar-refractivity contribution in [1.82, 2.24) is 15.0 Å². The smallest absolute Gasteiger partial charge is 0.139 e. The number of fused-ring (bicyclic) bond motifs is 1. The second-order valence-electron chi connectivity index (χ2n) is 7.31. The summed E-state index contributed by atoms with van der Waals surface area (Å²) in [5, 5.41) is 4.98. The minimum Gasteiger partial charge on any atom is -0.399 e. The highest BCUT2D eigenvalue weighted by Gasteiger charge is 2.19. The number of hydrogen-bond donors (Lipinski definition) is 3. The average Bonchev–Trinajstić information content (AvgIpc) is 3.06. The fourth-order valence-corrected chi connectivity index (χ4v) is 3.93. The number of rotatable bonds is 5. The van der Waals surface area contributed by atoms with E-state index in [1.165, 1.54) is 37.8 Å². The van der Waals surface area contributed by atoms with Crippen LogP contribution in [-0.2, 0) is 6.42 Å². The molecule has 5 heteroatoms. The molecular formula is C21H27N5. The molecule has 0 aliphatic heterocycles. The summed E-state index contributed by atoms with van der Waals surface area (Å²) in [6, 6.07) is 6.50. The molecule has 4 rings (SSSR count). The lowest BCUT2D eigenvalue weighted by atomic mass is 9.94. The van der Waals surface area contributed by atoms with Crippen LogP contribution in [0.1, 0.15) is 51.1 Å². The zero-order valence-electron chi connectivity index (χ0n) is 15.4. The van der Waals surface area contributed by atoms with Gasteiger partial charge in [-0.15, -0.1) is 0 Å². The van der Waals surface area contributed by atoms with Crippen LogP contribution in [0.4, 0.5) is 11.4 Å². The number of anilines is 2. The number of aromatic nitrogens is 3. The van der Waals surface area contributed by atoms with Gasteiger partial charge in [0.15, 0.2) is 0 Å². The Bertz CT molecular complexity index is 893. The zero-order chi connectivity index (χ0) is 17.9. The summed E-state index contributed by atoms with van der Waals surface area (Å²) in [7, 11) is 0. The first-order valence-corrected chi connectivity index (χ1v) is 9.73. The molecule has 0 saturated heterocycles. The van der Waals surface area contributed by atoms with E-state index in [1.54, 1.807) is 6.20 Å². The van der Waals surface area contributed by atoms with E-state index in [4.69, 9.17) is 5.73 Å². The average molecular weight is 349 g/mol. The highest BCUT2D eigenvalue weighted by atomic mass is 15.0. The van der Waals surface area contributed by atoms with Gasteiger partial charge < -0.3 is 16.0 Å². The summed E-state index contributed by atoms with van der Waals surface area (Å²) >= 11 is 0. The Kier molecular flexibility index (Phi) is 4.78. The first-order valence-electron chi connectivity index (χ1n) is 9.73. The molecule has 4 N–H and O–H groups in total. The number of nitrogens with zero attached hydrogens (tertiary/aromatic N) is 2. The number of aryl methyl sites for hydroxylation is 1. The summed E-state index contributed by atoms with van der Waals surface area (Å²) in [6.07, 6.45) is 12.2. The molecule has 0 spiro atoms. The Morgan fingerprint density at radius 1 is 1.19 bits per heavy atom. The van der Waals surface area contributed by atoms with E-state index in [0.29, 0.717) is 6.04 Å². The Labute approximate surface area is 154 Å². The largest absolute Gasteiger partial charge is 0.399 e. The standard InChI is InChI=1S/C21H27N5/c1-2-6-16-12-17-20(25-15-7-4-3-5-8-15)18(13-24-21(17)26-16)19-11-14(22)9-10-23-19/h9-13,15H,2-8H2,1H3,(H2,22,23)(H2,24,25,26). The predicted molar refractivity (Wildman–Crippen MR) is 108 cm³/mol. The number of aromatic amines is 1. The van der Waals surface area contributed by atoms with Gasteiger partial charge in [0.05, 0.1) is 11.4 Å². The Morgan fingerprint density at radius 3 is 2.81 bits per heavy atom. The van der Waals surface area contributed by atoms with Gasteiger partial charge in [-0.1, -0.05) is 32.6 Å². The summed E-state index contributed by atoms with van der Waals surface area (Å²) < 4.78 is 0. The summed E-state index contributed by atoms with van der Waals surface area (Å²) in [6.45, 7) is 2.20. The lowest BCUT2D eigenvalue weighted by molar-refractivity contribution is 0.463. The van der Waals surface area contributed by atoms with Crippen molar-refractivity contribution in [3.05, 3.63) is 36.3 Å². The first-order chi connectivity index (χ1) is 12.7. The molecule has 1 aliphatic carbocycles. The number of nitrogens with one attached hydrogen (secondary N) is 2. The van der Waals surface area contributed by atoms with Gasteiger partial charge in [0.25, 0.3) is 0 Å². The van der Waals surface area contributed by atoms with Crippen LogP contribution in [0.25, 0.3) is 22.3 Å². The molecule has 3 aromatic rings. The third-order valence-electron chi connectivity index (χ3n) is 5.25. The predicted octanol–water partition coefficient (Wildman–Crippen LogP) is 4.90. The third-order valence-corrected chi connectivity index (χ3v) is 5.25. The van der Waals surface area contributed by atoms with Crippen molar-refractivity contribution in [2.24, 2.45) is 0 Å².